The van der Waals surface area contributed by atoms with Crippen LogP contribution in [0, 0.1) is 11.8 Å². The smallest absolute Gasteiger partial charge is 0.326 e. The van der Waals surface area contributed by atoms with Gasteiger partial charge in [-0.2, -0.15) is 0 Å². The highest BCUT2D eigenvalue weighted by atomic mass is 16.4. The summed E-state index contributed by atoms with van der Waals surface area (Å²) in [5.74, 6) is -4.65. The largest absolute Gasteiger partial charge is 0.480 e. The summed E-state index contributed by atoms with van der Waals surface area (Å²) in [5, 5.41) is 17.1. The van der Waals surface area contributed by atoms with Gasteiger partial charge in [0, 0.05) is 13.0 Å². The van der Waals surface area contributed by atoms with Crippen molar-refractivity contribution >= 4 is 35.6 Å². The summed E-state index contributed by atoms with van der Waals surface area (Å²) >= 11 is 0. The molecule has 12 N–H and O–H groups in total. The van der Waals surface area contributed by atoms with Crippen LogP contribution in [-0.4, -0.2) is 71.4 Å². The second kappa shape index (κ2) is 16.3. The molecule has 0 saturated heterocycles. The molecule has 36 heavy (non-hydrogen) atoms. The molecule has 14 heteroatoms. The zero-order valence-electron chi connectivity index (χ0n) is 21.5. The molecule has 0 aliphatic rings. The summed E-state index contributed by atoms with van der Waals surface area (Å²) in [6.07, 6.45) is 0.851. The minimum absolute atomic E-state index is 0.00722. The molecule has 206 valence electrons. The van der Waals surface area contributed by atoms with Gasteiger partial charge >= 0.3 is 5.97 Å². The Morgan fingerprint density at radius 1 is 0.861 bits per heavy atom. The normalized spacial score (nSPS) is 15.1. The molecule has 5 unspecified atom stereocenters. The van der Waals surface area contributed by atoms with Crippen LogP contribution in [0.15, 0.2) is 4.99 Å². The highest BCUT2D eigenvalue weighted by molar-refractivity contribution is 5.94. The Morgan fingerprint density at radius 2 is 1.44 bits per heavy atom. The number of carboxylic acid groups (broad SMARTS) is 1. The van der Waals surface area contributed by atoms with Crippen LogP contribution in [0.1, 0.15) is 59.8 Å². The van der Waals surface area contributed by atoms with Crippen molar-refractivity contribution in [3.8, 4) is 0 Å². The van der Waals surface area contributed by atoms with Crippen LogP contribution < -0.4 is 38.9 Å². The minimum Gasteiger partial charge on any atom is -0.480 e. The number of carbonyl (C=O) groups is 5. The Hall–Kier alpha value is -3.42. The van der Waals surface area contributed by atoms with Crippen LogP contribution >= 0.6 is 0 Å². The van der Waals surface area contributed by atoms with Crippen molar-refractivity contribution in [3.05, 3.63) is 0 Å². The van der Waals surface area contributed by atoms with Crippen LogP contribution in [0.25, 0.3) is 0 Å². The zero-order chi connectivity index (χ0) is 28.0. The Kier molecular flexibility index (Phi) is 14.7. The lowest BCUT2D eigenvalue weighted by Gasteiger charge is -2.28. The van der Waals surface area contributed by atoms with Crippen LogP contribution in [0.4, 0.5) is 0 Å². The van der Waals surface area contributed by atoms with Gasteiger partial charge in [0.15, 0.2) is 5.96 Å². The maximum Gasteiger partial charge on any atom is 0.326 e. The maximum absolute atomic E-state index is 13.1. The molecule has 0 saturated carbocycles. The van der Waals surface area contributed by atoms with Crippen LogP contribution in [0.2, 0.25) is 0 Å². The molecule has 0 aromatic rings. The van der Waals surface area contributed by atoms with E-state index in [0.717, 1.165) is 0 Å². The number of hydrogen-bond donors (Lipinski definition) is 8. The Balaban J connectivity index is 5.57. The number of guanidine groups is 1. The number of nitrogens with one attached hydrogen (secondary N) is 3. The number of carboxylic acids is 1. The van der Waals surface area contributed by atoms with Crippen molar-refractivity contribution in [1.29, 1.82) is 0 Å². The van der Waals surface area contributed by atoms with Gasteiger partial charge in [0.05, 0.1) is 6.04 Å². The molecule has 0 aliphatic heterocycles. The molecule has 0 radical (unpaired) electrons. The molecule has 0 bridgehead atoms. The lowest BCUT2D eigenvalue weighted by molar-refractivity contribution is -0.144. The first-order valence-corrected chi connectivity index (χ1v) is 11.9. The first-order valence-electron chi connectivity index (χ1n) is 11.9. The van der Waals surface area contributed by atoms with E-state index in [1.807, 2.05) is 0 Å². The number of aliphatic carboxylic acids is 1. The van der Waals surface area contributed by atoms with E-state index in [2.05, 4.69) is 20.9 Å². The predicted octanol–water partition coefficient (Wildman–Crippen LogP) is -2.13. The number of rotatable bonds is 17. The third-order valence-corrected chi connectivity index (χ3v) is 5.64. The number of hydrogen-bond acceptors (Lipinski definition) is 7. The third kappa shape index (κ3) is 12.3. The fourth-order valence-electron chi connectivity index (χ4n) is 3.19. The molecule has 4 amide bonds. The topological polar surface area (TPSA) is 258 Å². The predicted molar refractivity (Wildman–Crippen MR) is 134 cm³/mol. The Morgan fingerprint density at radius 3 is 1.92 bits per heavy atom. The number of amides is 4. The molecular formula is C22H42N8O6. The van der Waals surface area contributed by atoms with Gasteiger partial charge in [0.1, 0.15) is 18.1 Å². The zero-order valence-corrected chi connectivity index (χ0v) is 21.5. The van der Waals surface area contributed by atoms with E-state index in [0.29, 0.717) is 12.8 Å². The second-order valence-corrected chi connectivity index (χ2v) is 9.06. The standard InChI is InChI=1S/C22H42N8O6/c1-5-12(4)17(21(35)36)30-20(34)16(11(2)3)29-19(33)14(7-6-10-27-22(25)26)28-18(32)13(23)8-9-15(24)31/h11-14,16-17H,5-10,23H2,1-4H3,(H2,24,31)(H,28,32)(H,29,33)(H,30,34)(H,35,36)(H4,25,26,27). The first-order chi connectivity index (χ1) is 16.7. The van der Waals surface area contributed by atoms with Gasteiger partial charge in [-0.05, 0) is 31.1 Å². The van der Waals surface area contributed by atoms with Crippen LogP contribution in [0.5, 0.6) is 0 Å². The van der Waals surface area contributed by atoms with Gasteiger partial charge in [-0.25, -0.2) is 4.79 Å². The molecule has 0 aromatic carbocycles. The van der Waals surface area contributed by atoms with Crippen molar-refractivity contribution in [2.75, 3.05) is 6.54 Å². The molecular weight excluding hydrogens is 472 g/mol. The summed E-state index contributed by atoms with van der Waals surface area (Å²) in [6.45, 7) is 7.08. The summed E-state index contributed by atoms with van der Waals surface area (Å²) < 4.78 is 0. The van der Waals surface area contributed by atoms with Crippen molar-refractivity contribution < 1.29 is 29.1 Å². The highest BCUT2D eigenvalue weighted by Gasteiger charge is 2.33. The maximum atomic E-state index is 13.1. The second-order valence-electron chi connectivity index (χ2n) is 9.06. The number of primary amides is 1. The molecule has 0 aromatic heterocycles. The van der Waals surface area contributed by atoms with Crippen LogP contribution in [-0.2, 0) is 24.0 Å². The minimum atomic E-state index is -1.18. The molecule has 0 aliphatic carbocycles. The van der Waals surface area contributed by atoms with Crippen molar-refractivity contribution in [2.24, 2.45) is 39.8 Å². The summed E-state index contributed by atoms with van der Waals surface area (Å²) in [6, 6.07) is -4.37. The van der Waals surface area contributed by atoms with E-state index in [-0.39, 0.29) is 37.7 Å². The quantitative estimate of drug-likeness (QED) is 0.0598. The first kappa shape index (κ1) is 32.6. The fraction of sp³-hybridized carbons (Fsp3) is 0.727. The summed E-state index contributed by atoms with van der Waals surface area (Å²) in [5.41, 5.74) is 21.5. The number of nitrogens with zero attached hydrogens (tertiary/aromatic N) is 1. The van der Waals surface area contributed by atoms with E-state index in [9.17, 15) is 29.1 Å². The van der Waals surface area contributed by atoms with E-state index >= 15 is 0 Å². The van der Waals surface area contributed by atoms with Gasteiger partial charge in [0.2, 0.25) is 23.6 Å². The monoisotopic (exact) mass is 514 g/mol. The van der Waals surface area contributed by atoms with E-state index < -0.39 is 59.7 Å². The summed E-state index contributed by atoms with van der Waals surface area (Å²) in [4.78, 5) is 65.0. The SMILES string of the molecule is CCC(C)C(NC(=O)C(NC(=O)C(CCCN=C(N)N)NC(=O)C(N)CCC(N)=O)C(C)C)C(=O)O. The highest BCUT2D eigenvalue weighted by Crippen LogP contribution is 2.11. The van der Waals surface area contributed by atoms with Gasteiger partial charge < -0.3 is 44.0 Å². The molecule has 0 spiro atoms. The Labute approximate surface area is 211 Å². The Bertz CT molecular complexity index is 799. The summed E-state index contributed by atoms with van der Waals surface area (Å²) in [7, 11) is 0. The van der Waals surface area contributed by atoms with Crippen molar-refractivity contribution in [3.63, 3.8) is 0 Å². The van der Waals surface area contributed by atoms with E-state index in [1.165, 1.54) is 0 Å². The lowest BCUT2D eigenvalue weighted by Crippen LogP contribution is -2.59. The fourth-order valence-corrected chi connectivity index (χ4v) is 3.19. The van der Waals surface area contributed by atoms with Gasteiger partial charge in [-0.3, -0.25) is 24.2 Å². The average molecular weight is 515 g/mol. The number of carbonyl (C=O) groups excluding carboxylic acids is 4. The lowest BCUT2D eigenvalue weighted by atomic mass is 9.97. The third-order valence-electron chi connectivity index (χ3n) is 5.64. The molecule has 0 fully saturated rings. The molecule has 5 atom stereocenters. The van der Waals surface area contributed by atoms with Gasteiger partial charge in [0.25, 0.3) is 0 Å². The van der Waals surface area contributed by atoms with Crippen molar-refractivity contribution in [2.45, 2.75) is 84.0 Å². The van der Waals surface area contributed by atoms with Crippen molar-refractivity contribution in [1.82, 2.24) is 16.0 Å². The number of aliphatic imine (C=N–C) groups is 1. The van der Waals surface area contributed by atoms with E-state index in [1.54, 1.807) is 27.7 Å². The average Bonchev–Trinajstić information content (AvgIpc) is 2.79. The molecule has 0 rings (SSSR count). The van der Waals surface area contributed by atoms with Gasteiger partial charge in [-0.15, -0.1) is 0 Å². The molecule has 0 heterocycles. The van der Waals surface area contributed by atoms with Crippen LogP contribution in [0.3, 0.4) is 0 Å². The molecule has 14 nitrogen and oxygen atoms in total. The van der Waals surface area contributed by atoms with E-state index in [4.69, 9.17) is 22.9 Å². The van der Waals surface area contributed by atoms with Gasteiger partial charge in [-0.1, -0.05) is 34.1 Å². The number of nitrogens with two attached hydrogens (primary N) is 4.